The monoisotopic (exact) mass is 154 g/mol. The van der Waals surface area contributed by atoms with Gasteiger partial charge in [0.05, 0.1) is 18.1 Å². The summed E-state index contributed by atoms with van der Waals surface area (Å²) in [5.74, 6) is 0.212. The summed E-state index contributed by atoms with van der Waals surface area (Å²) in [6.07, 6.45) is 2.75. The van der Waals surface area contributed by atoms with E-state index >= 15 is 0 Å². The Hall–Kier alpha value is -0.570. The molecule has 0 unspecified atom stereocenters. The van der Waals surface area contributed by atoms with Crippen LogP contribution in [0.3, 0.4) is 0 Å². The number of fused-ring (bicyclic) bond motifs is 5. The van der Waals surface area contributed by atoms with Crippen molar-refractivity contribution in [3.8, 4) is 0 Å². The van der Waals surface area contributed by atoms with Crippen LogP contribution in [0, 0.1) is 17.8 Å². The van der Waals surface area contributed by atoms with Crippen LogP contribution in [-0.2, 0) is 9.53 Å². The Balaban J connectivity index is 1.87. The van der Waals surface area contributed by atoms with E-state index in [0.717, 1.165) is 12.8 Å². The first-order valence-corrected chi connectivity index (χ1v) is 4.15. The smallest absolute Gasteiger partial charge is 0.306 e. The van der Waals surface area contributed by atoms with E-state index in [2.05, 4.69) is 0 Å². The Kier molecular flexibility index (Phi) is 0.876. The third-order valence-electron chi connectivity index (χ3n) is 3.41. The predicted molar refractivity (Wildman–Crippen MR) is 36.0 cm³/mol. The highest BCUT2D eigenvalue weighted by molar-refractivity contribution is 5.71. The first-order valence-electron chi connectivity index (χ1n) is 4.15. The molecule has 0 aromatic heterocycles. The van der Waals surface area contributed by atoms with Crippen molar-refractivity contribution < 1.29 is 14.6 Å². The zero-order valence-electron chi connectivity index (χ0n) is 6.06. The van der Waals surface area contributed by atoms with Gasteiger partial charge in [-0.2, -0.15) is 0 Å². The molecule has 2 bridgehead atoms. The van der Waals surface area contributed by atoms with Crippen molar-refractivity contribution in [3.05, 3.63) is 0 Å². The molecule has 1 saturated heterocycles. The number of carboxylic acids is 1. The van der Waals surface area contributed by atoms with Gasteiger partial charge in [0.15, 0.2) is 0 Å². The van der Waals surface area contributed by atoms with Gasteiger partial charge in [0.25, 0.3) is 0 Å². The van der Waals surface area contributed by atoms with Crippen LogP contribution in [0.4, 0.5) is 0 Å². The van der Waals surface area contributed by atoms with E-state index in [9.17, 15) is 4.79 Å². The van der Waals surface area contributed by atoms with Crippen LogP contribution in [0.2, 0.25) is 0 Å². The number of aliphatic carboxylic acids is 1. The van der Waals surface area contributed by atoms with Gasteiger partial charge in [-0.15, -0.1) is 0 Å². The summed E-state index contributed by atoms with van der Waals surface area (Å²) >= 11 is 0. The molecule has 0 radical (unpaired) electrons. The Morgan fingerprint density at radius 3 is 2.73 bits per heavy atom. The fraction of sp³-hybridized carbons (Fsp3) is 0.875. The number of hydrogen-bond acceptors (Lipinski definition) is 2. The van der Waals surface area contributed by atoms with Crippen molar-refractivity contribution in [3.63, 3.8) is 0 Å². The second-order valence-electron chi connectivity index (χ2n) is 3.91. The van der Waals surface area contributed by atoms with Gasteiger partial charge in [0.2, 0.25) is 0 Å². The molecule has 3 aliphatic rings. The summed E-state index contributed by atoms with van der Waals surface area (Å²) in [6.45, 7) is 0. The van der Waals surface area contributed by atoms with E-state index in [1.165, 1.54) is 0 Å². The molecule has 1 aliphatic heterocycles. The molecule has 3 fully saturated rings. The minimum Gasteiger partial charge on any atom is -0.481 e. The Morgan fingerprint density at radius 1 is 1.36 bits per heavy atom. The summed E-state index contributed by atoms with van der Waals surface area (Å²) in [4.78, 5) is 10.7. The second kappa shape index (κ2) is 1.61. The topological polar surface area (TPSA) is 49.8 Å². The lowest BCUT2D eigenvalue weighted by Gasteiger charge is -2.13. The van der Waals surface area contributed by atoms with E-state index in [-0.39, 0.29) is 5.92 Å². The Morgan fingerprint density at radius 2 is 2.18 bits per heavy atom. The number of hydrogen-bond donors (Lipinski definition) is 1. The molecule has 11 heavy (non-hydrogen) atoms. The average molecular weight is 154 g/mol. The van der Waals surface area contributed by atoms with Crippen LogP contribution in [0.15, 0.2) is 0 Å². The van der Waals surface area contributed by atoms with E-state index in [1.54, 1.807) is 0 Å². The van der Waals surface area contributed by atoms with Crippen LogP contribution in [0.5, 0.6) is 0 Å². The lowest BCUT2D eigenvalue weighted by molar-refractivity contribution is -0.143. The van der Waals surface area contributed by atoms with Gasteiger partial charge in [-0.1, -0.05) is 0 Å². The summed E-state index contributed by atoms with van der Waals surface area (Å²) in [5, 5.41) is 8.82. The van der Waals surface area contributed by atoms with Crippen molar-refractivity contribution in [2.24, 2.45) is 17.8 Å². The maximum absolute atomic E-state index is 10.7. The molecule has 1 heterocycles. The van der Waals surface area contributed by atoms with Gasteiger partial charge < -0.3 is 9.84 Å². The number of carboxylic acid groups (broad SMARTS) is 1. The summed E-state index contributed by atoms with van der Waals surface area (Å²) in [6, 6.07) is 0. The lowest BCUT2D eigenvalue weighted by Crippen LogP contribution is -2.24. The van der Waals surface area contributed by atoms with Gasteiger partial charge in [0.1, 0.15) is 0 Å². The first-order chi connectivity index (χ1) is 5.27. The average Bonchev–Trinajstić information content (AvgIpc) is 2.57. The maximum atomic E-state index is 10.7. The zero-order valence-corrected chi connectivity index (χ0v) is 6.06. The standard InChI is InChI=1S/C8H10O3/c9-8(10)5-2-3-1-4(5)7-6(3)11-7/h3-7H,1-2H2,(H,9,10)/t3-,4+,5-,6+,7-/m0/s1. The van der Waals surface area contributed by atoms with Gasteiger partial charge >= 0.3 is 5.97 Å². The van der Waals surface area contributed by atoms with E-state index in [0.29, 0.717) is 24.0 Å². The highest BCUT2D eigenvalue weighted by Crippen LogP contribution is 2.58. The fourth-order valence-electron chi connectivity index (χ4n) is 2.89. The Bertz CT molecular complexity index is 225. The molecular weight excluding hydrogens is 144 g/mol. The molecule has 5 atom stereocenters. The van der Waals surface area contributed by atoms with E-state index in [4.69, 9.17) is 9.84 Å². The van der Waals surface area contributed by atoms with Crippen LogP contribution in [0.25, 0.3) is 0 Å². The third kappa shape index (κ3) is 0.601. The fourth-order valence-corrected chi connectivity index (χ4v) is 2.89. The molecule has 0 amide bonds. The van der Waals surface area contributed by atoms with Crippen molar-refractivity contribution in [1.82, 2.24) is 0 Å². The molecular formula is C8H10O3. The molecule has 0 spiro atoms. The third-order valence-corrected chi connectivity index (χ3v) is 3.41. The van der Waals surface area contributed by atoms with E-state index in [1.807, 2.05) is 0 Å². The van der Waals surface area contributed by atoms with Gasteiger partial charge in [-0.3, -0.25) is 4.79 Å². The van der Waals surface area contributed by atoms with Crippen LogP contribution >= 0.6 is 0 Å². The molecule has 2 aliphatic carbocycles. The van der Waals surface area contributed by atoms with Crippen LogP contribution < -0.4 is 0 Å². The van der Waals surface area contributed by atoms with Crippen molar-refractivity contribution in [1.29, 1.82) is 0 Å². The largest absolute Gasteiger partial charge is 0.481 e. The molecule has 0 aromatic rings. The Labute approximate surface area is 64.3 Å². The predicted octanol–water partition coefficient (Wildman–Crippen LogP) is 0.494. The molecule has 3 nitrogen and oxygen atoms in total. The highest BCUT2D eigenvalue weighted by atomic mass is 16.6. The number of epoxide rings is 1. The lowest BCUT2D eigenvalue weighted by atomic mass is 9.89. The van der Waals surface area contributed by atoms with Gasteiger partial charge in [-0.25, -0.2) is 0 Å². The van der Waals surface area contributed by atoms with E-state index < -0.39 is 5.97 Å². The summed E-state index contributed by atoms with van der Waals surface area (Å²) in [5.41, 5.74) is 0. The maximum Gasteiger partial charge on any atom is 0.306 e. The number of rotatable bonds is 1. The summed E-state index contributed by atoms with van der Waals surface area (Å²) in [7, 11) is 0. The van der Waals surface area contributed by atoms with Crippen molar-refractivity contribution in [2.45, 2.75) is 25.0 Å². The molecule has 60 valence electrons. The number of ether oxygens (including phenoxy) is 1. The SMILES string of the molecule is O=C(O)[C@H]1C[C@@H]2C[C@H]1[C@@H]1O[C@H]21. The van der Waals surface area contributed by atoms with Gasteiger partial charge in [-0.05, 0) is 18.8 Å². The molecule has 1 N–H and O–H groups in total. The molecule has 3 heteroatoms. The summed E-state index contributed by atoms with van der Waals surface area (Å²) < 4.78 is 5.36. The molecule has 0 aromatic carbocycles. The molecule has 2 saturated carbocycles. The first kappa shape index (κ1) is 6.00. The second-order valence-corrected chi connectivity index (χ2v) is 3.91. The highest BCUT2D eigenvalue weighted by Gasteiger charge is 2.64. The minimum absolute atomic E-state index is 0.0938. The van der Waals surface area contributed by atoms with Gasteiger partial charge in [0, 0.05) is 5.92 Å². The molecule has 3 rings (SSSR count). The zero-order chi connectivity index (χ0) is 7.59. The minimum atomic E-state index is -0.619. The van der Waals surface area contributed by atoms with Crippen LogP contribution in [-0.4, -0.2) is 23.3 Å². The normalized spacial score (nSPS) is 57.6. The quantitative estimate of drug-likeness (QED) is 0.559. The van der Waals surface area contributed by atoms with Crippen molar-refractivity contribution in [2.75, 3.05) is 0 Å². The van der Waals surface area contributed by atoms with Crippen molar-refractivity contribution >= 4 is 5.97 Å². The number of carbonyl (C=O) groups is 1. The van der Waals surface area contributed by atoms with Crippen LogP contribution in [0.1, 0.15) is 12.8 Å².